The Morgan fingerprint density at radius 2 is 1.72 bits per heavy atom. The Balaban J connectivity index is 1.27. The number of hydrogen-bond acceptors (Lipinski definition) is 6. The van der Waals surface area contributed by atoms with E-state index < -0.39 is 6.10 Å². The van der Waals surface area contributed by atoms with Crippen molar-refractivity contribution >= 4 is 16.9 Å². The monoisotopic (exact) mass is 571 g/mol. The second-order valence-electron chi connectivity index (χ2n) is 10.6. The molecule has 6 rings (SSSR count). The fraction of sp³-hybridized carbons (Fsp3) is 0.206. The van der Waals surface area contributed by atoms with Gasteiger partial charge in [0.15, 0.2) is 0 Å². The van der Waals surface area contributed by atoms with Crippen LogP contribution >= 0.6 is 0 Å². The minimum Gasteiger partial charge on any atom is -0.387 e. The summed E-state index contributed by atoms with van der Waals surface area (Å²) in [4.78, 5) is 18.2. The summed E-state index contributed by atoms with van der Waals surface area (Å²) >= 11 is 0. The number of fused-ring (bicyclic) bond motifs is 1. The lowest BCUT2D eigenvalue weighted by atomic mass is 9.98. The molecule has 0 aliphatic rings. The van der Waals surface area contributed by atoms with E-state index in [9.17, 15) is 9.90 Å². The number of tetrazole rings is 1. The number of hydrogen-bond donors (Lipinski definition) is 3. The zero-order valence-electron chi connectivity index (χ0n) is 24.2. The number of nitrogens with one attached hydrogen (secondary N) is 2. The third kappa shape index (κ3) is 5.93. The van der Waals surface area contributed by atoms with Gasteiger partial charge >= 0.3 is 0 Å². The minimum absolute atomic E-state index is 0.127. The lowest BCUT2D eigenvalue weighted by molar-refractivity contribution is 0.0916. The SMILES string of the molecule is CCCc1nc2c(C)cc(C(=O)NC[C@H](O)c3ccccc3)cc2n1Cc1ccc(-c2ccccc2-c2nn[nH]n2)cc1. The van der Waals surface area contributed by atoms with E-state index in [1.807, 2.05) is 67.6 Å². The number of carbonyl (C=O) groups is 1. The van der Waals surface area contributed by atoms with Crippen molar-refractivity contribution < 1.29 is 9.90 Å². The predicted molar refractivity (Wildman–Crippen MR) is 166 cm³/mol. The van der Waals surface area contributed by atoms with Crippen LogP contribution in [0.25, 0.3) is 33.5 Å². The molecule has 0 aliphatic carbocycles. The van der Waals surface area contributed by atoms with Gasteiger partial charge in [-0.1, -0.05) is 85.8 Å². The molecule has 2 heterocycles. The predicted octanol–water partition coefficient (Wildman–Crippen LogP) is 5.66. The highest BCUT2D eigenvalue weighted by atomic mass is 16.3. The largest absolute Gasteiger partial charge is 0.387 e. The molecule has 3 N–H and O–H groups in total. The zero-order chi connectivity index (χ0) is 29.8. The van der Waals surface area contributed by atoms with Gasteiger partial charge in [-0.3, -0.25) is 4.79 Å². The van der Waals surface area contributed by atoms with E-state index in [1.165, 1.54) is 0 Å². The van der Waals surface area contributed by atoms with Crippen molar-refractivity contribution in [3.63, 3.8) is 0 Å². The molecule has 2 aromatic heterocycles. The van der Waals surface area contributed by atoms with Crippen LogP contribution in [0.1, 0.15) is 52.3 Å². The van der Waals surface area contributed by atoms with Crippen molar-refractivity contribution in [1.29, 1.82) is 0 Å². The summed E-state index contributed by atoms with van der Waals surface area (Å²) in [5.74, 6) is 1.32. The maximum atomic E-state index is 13.2. The first-order chi connectivity index (χ1) is 21.0. The molecule has 4 aromatic carbocycles. The Morgan fingerprint density at radius 3 is 2.44 bits per heavy atom. The van der Waals surface area contributed by atoms with Gasteiger partial charge in [0.05, 0.1) is 17.1 Å². The Labute approximate surface area is 249 Å². The van der Waals surface area contributed by atoms with Gasteiger partial charge in [-0.2, -0.15) is 5.21 Å². The van der Waals surface area contributed by atoms with Gasteiger partial charge in [0.2, 0.25) is 5.82 Å². The van der Waals surface area contributed by atoms with Gasteiger partial charge < -0.3 is 15.0 Å². The van der Waals surface area contributed by atoms with Crippen LogP contribution < -0.4 is 5.32 Å². The molecule has 0 aliphatic heterocycles. The van der Waals surface area contributed by atoms with Gasteiger partial charge in [-0.25, -0.2) is 4.98 Å². The van der Waals surface area contributed by atoms with Gasteiger partial charge in [-0.05, 0) is 58.5 Å². The zero-order valence-corrected chi connectivity index (χ0v) is 24.2. The highest BCUT2D eigenvalue weighted by Crippen LogP contribution is 2.30. The Hall–Kier alpha value is -5.15. The summed E-state index contributed by atoms with van der Waals surface area (Å²) in [6, 6.07) is 29.6. The number of rotatable bonds is 10. The second kappa shape index (κ2) is 12.4. The summed E-state index contributed by atoms with van der Waals surface area (Å²) in [6.45, 7) is 4.88. The van der Waals surface area contributed by atoms with Crippen LogP contribution in [-0.4, -0.2) is 47.7 Å². The number of aliphatic hydroxyl groups is 1. The van der Waals surface area contributed by atoms with Gasteiger partial charge in [-0.15, -0.1) is 10.2 Å². The Kier molecular flexibility index (Phi) is 8.06. The number of aromatic nitrogens is 6. The maximum Gasteiger partial charge on any atom is 0.251 e. The van der Waals surface area contributed by atoms with Gasteiger partial charge in [0.1, 0.15) is 5.82 Å². The van der Waals surface area contributed by atoms with E-state index in [1.54, 1.807) is 0 Å². The molecule has 0 spiro atoms. The molecule has 0 fully saturated rings. The molecule has 216 valence electrons. The number of H-pyrrole nitrogens is 1. The summed E-state index contributed by atoms with van der Waals surface area (Å²) in [5, 5.41) is 28.0. The molecule has 0 saturated carbocycles. The van der Waals surface area contributed by atoms with Crippen molar-refractivity contribution in [3.05, 3.63) is 119 Å². The normalized spacial score (nSPS) is 12.0. The first-order valence-corrected chi connectivity index (χ1v) is 14.4. The van der Waals surface area contributed by atoms with Crippen molar-refractivity contribution in [3.8, 4) is 22.5 Å². The number of aromatic amines is 1. The van der Waals surface area contributed by atoms with Crippen molar-refractivity contribution in [1.82, 2.24) is 35.5 Å². The summed E-state index contributed by atoms with van der Waals surface area (Å²) in [7, 11) is 0. The highest BCUT2D eigenvalue weighted by Gasteiger charge is 2.18. The summed E-state index contributed by atoms with van der Waals surface area (Å²) in [5.41, 5.74) is 8.18. The van der Waals surface area contributed by atoms with E-state index in [2.05, 4.69) is 67.8 Å². The van der Waals surface area contributed by atoms with Crippen LogP contribution in [0.5, 0.6) is 0 Å². The molecule has 1 atom stereocenters. The average molecular weight is 572 g/mol. The van der Waals surface area contributed by atoms with Gasteiger partial charge in [0.25, 0.3) is 5.91 Å². The first-order valence-electron chi connectivity index (χ1n) is 14.4. The van der Waals surface area contributed by atoms with E-state index in [-0.39, 0.29) is 12.5 Å². The van der Waals surface area contributed by atoms with Gasteiger partial charge in [0, 0.05) is 30.6 Å². The van der Waals surface area contributed by atoms with Crippen molar-refractivity contribution in [2.45, 2.75) is 39.3 Å². The molecule has 0 unspecified atom stereocenters. The fourth-order valence-electron chi connectivity index (χ4n) is 5.43. The molecule has 0 bridgehead atoms. The smallest absolute Gasteiger partial charge is 0.251 e. The maximum absolute atomic E-state index is 13.2. The molecule has 6 aromatic rings. The van der Waals surface area contributed by atoms with E-state index in [0.29, 0.717) is 17.9 Å². The number of aryl methyl sites for hydroxylation is 2. The summed E-state index contributed by atoms with van der Waals surface area (Å²) in [6.07, 6.45) is 1.01. The first kappa shape index (κ1) is 28.0. The lowest BCUT2D eigenvalue weighted by Crippen LogP contribution is -2.28. The molecule has 0 radical (unpaired) electrons. The molecular weight excluding hydrogens is 538 g/mol. The molecule has 43 heavy (non-hydrogen) atoms. The Bertz CT molecular complexity index is 1850. The van der Waals surface area contributed by atoms with Crippen molar-refractivity contribution in [2.75, 3.05) is 6.54 Å². The van der Waals surface area contributed by atoms with Crippen LogP contribution in [0.2, 0.25) is 0 Å². The van der Waals surface area contributed by atoms with Crippen LogP contribution in [0.4, 0.5) is 0 Å². The third-order valence-electron chi connectivity index (χ3n) is 7.62. The van der Waals surface area contributed by atoms with E-state index >= 15 is 0 Å². The van der Waals surface area contributed by atoms with Crippen LogP contribution in [0, 0.1) is 6.92 Å². The highest BCUT2D eigenvalue weighted by molar-refractivity contribution is 5.98. The number of nitrogens with zero attached hydrogens (tertiary/aromatic N) is 5. The Morgan fingerprint density at radius 1 is 0.977 bits per heavy atom. The topological polar surface area (TPSA) is 122 Å². The third-order valence-corrected chi connectivity index (χ3v) is 7.62. The van der Waals surface area contributed by atoms with Crippen LogP contribution in [-0.2, 0) is 13.0 Å². The number of aliphatic hydroxyl groups excluding tert-OH is 1. The van der Waals surface area contributed by atoms with Crippen LogP contribution in [0.3, 0.4) is 0 Å². The summed E-state index contributed by atoms with van der Waals surface area (Å²) < 4.78 is 2.21. The number of amides is 1. The van der Waals surface area contributed by atoms with Crippen LogP contribution in [0.15, 0.2) is 91.0 Å². The second-order valence-corrected chi connectivity index (χ2v) is 10.6. The average Bonchev–Trinajstić information content (AvgIpc) is 3.70. The minimum atomic E-state index is -0.779. The quantitative estimate of drug-likeness (QED) is 0.195. The number of benzene rings is 4. The number of carbonyl (C=O) groups excluding carboxylic acids is 1. The standard InChI is InChI=1S/C34H33N7O2/c1-3-9-31-36-32-22(2)18-26(34(43)35-20-30(42)25-10-5-4-6-11-25)19-29(32)41(31)21-23-14-16-24(17-15-23)27-12-7-8-13-28(27)33-37-39-40-38-33/h4-8,10-19,30,42H,3,9,20-21H2,1-2H3,(H,35,43)(H,37,38,39,40)/t30-/m0/s1. The van der Waals surface area contributed by atoms with Crippen molar-refractivity contribution in [2.24, 2.45) is 0 Å². The molecule has 0 saturated heterocycles. The lowest BCUT2D eigenvalue weighted by Gasteiger charge is -2.14. The van der Waals surface area contributed by atoms with E-state index in [4.69, 9.17) is 4.98 Å². The molecule has 1 amide bonds. The molecule has 9 heteroatoms. The number of imidazole rings is 1. The molecule has 9 nitrogen and oxygen atoms in total. The molecular formula is C34H33N7O2. The fourth-order valence-corrected chi connectivity index (χ4v) is 5.43. The van der Waals surface area contributed by atoms with E-state index in [0.717, 1.165) is 63.1 Å².